The van der Waals surface area contributed by atoms with Gasteiger partial charge in [0.15, 0.2) is 0 Å². The summed E-state index contributed by atoms with van der Waals surface area (Å²) in [6, 6.07) is 6.74. The minimum absolute atomic E-state index is 0.128. The molecule has 0 atom stereocenters. The summed E-state index contributed by atoms with van der Waals surface area (Å²) in [5.74, 6) is 0.0151. The van der Waals surface area contributed by atoms with Crippen molar-refractivity contribution in [1.82, 2.24) is 4.57 Å². The summed E-state index contributed by atoms with van der Waals surface area (Å²) in [6.07, 6.45) is 2.57. The minimum Gasteiger partial charge on any atom is -0.496 e. The van der Waals surface area contributed by atoms with Gasteiger partial charge in [-0.25, -0.2) is 0 Å². The van der Waals surface area contributed by atoms with Crippen LogP contribution >= 0.6 is 11.6 Å². The van der Waals surface area contributed by atoms with Gasteiger partial charge in [0, 0.05) is 29.0 Å². The van der Waals surface area contributed by atoms with Crippen LogP contribution in [0.1, 0.15) is 34.5 Å². The zero-order valence-electron chi connectivity index (χ0n) is 13.7. The van der Waals surface area contributed by atoms with Gasteiger partial charge in [0.1, 0.15) is 11.3 Å². The second-order valence-electron chi connectivity index (χ2n) is 5.90. The number of hydrogen-bond acceptors (Lipinski definition) is 3. The van der Waals surface area contributed by atoms with E-state index in [4.69, 9.17) is 16.3 Å². The molecule has 1 amide bonds. The van der Waals surface area contributed by atoms with Crippen LogP contribution in [0.2, 0.25) is 5.02 Å². The summed E-state index contributed by atoms with van der Waals surface area (Å²) < 4.78 is 6.96. The lowest BCUT2D eigenvalue weighted by Crippen LogP contribution is -2.30. The highest BCUT2D eigenvalue weighted by Crippen LogP contribution is 2.27. The monoisotopic (exact) mass is 346 g/mol. The molecular formula is C18H19ClN2O3. The fourth-order valence-electron chi connectivity index (χ4n) is 3.01. The maximum Gasteiger partial charge on any atom is 0.261 e. The number of nitrogens with zero attached hydrogens (tertiary/aromatic N) is 1. The third kappa shape index (κ3) is 3.04. The van der Waals surface area contributed by atoms with Crippen molar-refractivity contribution in [3.8, 4) is 5.75 Å². The predicted octanol–water partition coefficient (Wildman–Crippen LogP) is 3.41. The first-order valence-electron chi connectivity index (χ1n) is 7.89. The summed E-state index contributed by atoms with van der Waals surface area (Å²) >= 11 is 6.12. The first-order chi connectivity index (χ1) is 11.5. The molecule has 5 nitrogen and oxygen atoms in total. The smallest absolute Gasteiger partial charge is 0.261 e. The lowest BCUT2D eigenvalue weighted by molar-refractivity contribution is 0.102. The van der Waals surface area contributed by atoms with E-state index in [0.717, 1.165) is 24.1 Å². The first-order valence-corrected chi connectivity index (χ1v) is 8.27. The maximum atomic E-state index is 12.8. The molecule has 1 aliphatic rings. The number of carbonyl (C=O) groups is 1. The normalized spacial score (nSPS) is 13.3. The van der Waals surface area contributed by atoms with Crippen LogP contribution in [-0.2, 0) is 13.0 Å². The van der Waals surface area contributed by atoms with Crippen molar-refractivity contribution in [3.05, 3.63) is 56.5 Å². The number of carbonyl (C=O) groups excluding carboxylic acids is 1. The molecule has 1 aliphatic heterocycles. The highest BCUT2D eigenvalue weighted by atomic mass is 35.5. The average Bonchev–Trinajstić information content (AvgIpc) is 2.58. The number of rotatable bonds is 3. The highest BCUT2D eigenvalue weighted by molar-refractivity contribution is 6.31. The number of anilines is 1. The molecule has 0 spiro atoms. The molecule has 6 heteroatoms. The number of ether oxygens (including phenoxy) is 1. The number of methoxy groups -OCH3 is 1. The zero-order valence-corrected chi connectivity index (χ0v) is 14.4. The lowest BCUT2D eigenvalue weighted by atomic mass is 10.0. The van der Waals surface area contributed by atoms with Crippen LogP contribution in [-0.4, -0.2) is 17.6 Å². The molecule has 3 rings (SSSR count). The Kier molecular flexibility index (Phi) is 4.62. The van der Waals surface area contributed by atoms with Crippen LogP contribution in [0.5, 0.6) is 5.75 Å². The van der Waals surface area contributed by atoms with E-state index < -0.39 is 0 Å². The van der Waals surface area contributed by atoms with Gasteiger partial charge in [0.25, 0.3) is 11.5 Å². The molecule has 0 radical (unpaired) electrons. The number of aromatic nitrogens is 1. The highest BCUT2D eigenvalue weighted by Gasteiger charge is 2.24. The van der Waals surface area contributed by atoms with E-state index in [1.54, 1.807) is 16.7 Å². The molecule has 0 saturated carbocycles. The minimum atomic E-state index is -0.294. The SMILES string of the molecule is COc1cc(=O)n2c(c1C(=O)Nc1ccc(C)c(Cl)c1)CCCC2. The summed E-state index contributed by atoms with van der Waals surface area (Å²) in [5.41, 5.74) is 2.58. The van der Waals surface area contributed by atoms with Crippen molar-refractivity contribution < 1.29 is 9.53 Å². The van der Waals surface area contributed by atoms with Gasteiger partial charge in [0.05, 0.1) is 7.11 Å². The molecule has 24 heavy (non-hydrogen) atoms. The Hall–Kier alpha value is -2.27. The van der Waals surface area contributed by atoms with Gasteiger partial charge >= 0.3 is 0 Å². The van der Waals surface area contributed by atoms with Gasteiger partial charge in [0.2, 0.25) is 0 Å². The first kappa shape index (κ1) is 16.6. The van der Waals surface area contributed by atoms with Crippen molar-refractivity contribution in [2.75, 3.05) is 12.4 Å². The van der Waals surface area contributed by atoms with Crippen LogP contribution in [0.3, 0.4) is 0 Å². The van der Waals surface area contributed by atoms with Crippen LogP contribution in [0.25, 0.3) is 0 Å². The molecule has 0 unspecified atom stereocenters. The maximum absolute atomic E-state index is 12.8. The molecule has 1 aromatic heterocycles. The molecule has 1 aromatic carbocycles. The number of benzene rings is 1. The number of fused-ring (bicyclic) bond motifs is 1. The Balaban J connectivity index is 2.02. The van der Waals surface area contributed by atoms with Crippen molar-refractivity contribution in [2.45, 2.75) is 32.7 Å². The summed E-state index contributed by atoms with van der Waals surface area (Å²) in [7, 11) is 1.47. The van der Waals surface area contributed by atoms with Gasteiger partial charge in [-0.3, -0.25) is 9.59 Å². The molecule has 126 valence electrons. The largest absolute Gasteiger partial charge is 0.496 e. The van der Waals surface area contributed by atoms with E-state index in [2.05, 4.69) is 5.32 Å². The summed E-state index contributed by atoms with van der Waals surface area (Å²) in [6.45, 7) is 2.53. The van der Waals surface area contributed by atoms with Crippen LogP contribution in [0.4, 0.5) is 5.69 Å². The zero-order chi connectivity index (χ0) is 17.3. The number of pyridine rings is 1. The van der Waals surface area contributed by atoms with Crippen molar-refractivity contribution in [3.63, 3.8) is 0 Å². The number of aryl methyl sites for hydroxylation is 1. The van der Waals surface area contributed by atoms with Crippen LogP contribution in [0, 0.1) is 6.92 Å². The standard InChI is InChI=1S/C18H19ClN2O3/c1-11-6-7-12(9-13(11)19)20-18(23)17-14-5-3-4-8-21(14)16(22)10-15(17)24-2/h6-7,9-10H,3-5,8H2,1-2H3,(H,20,23). The van der Waals surface area contributed by atoms with E-state index in [9.17, 15) is 9.59 Å². The molecule has 0 fully saturated rings. The Labute approximate surface area is 145 Å². The van der Waals surface area contributed by atoms with Gasteiger partial charge in [-0.05, 0) is 43.9 Å². The average molecular weight is 347 g/mol. The van der Waals surface area contributed by atoms with Crippen LogP contribution in [0.15, 0.2) is 29.1 Å². The van der Waals surface area contributed by atoms with E-state index in [1.807, 2.05) is 13.0 Å². The van der Waals surface area contributed by atoms with Gasteiger partial charge in [-0.1, -0.05) is 17.7 Å². The number of amides is 1. The van der Waals surface area contributed by atoms with Crippen molar-refractivity contribution >= 4 is 23.2 Å². The van der Waals surface area contributed by atoms with E-state index >= 15 is 0 Å². The quantitative estimate of drug-likeness (QED) is 0.926. The fraction of sp³-hybridized carbons (Fsp3) is 0.333. The van der Waals surface area contributed by atoms with E-state index in [-0.39, 0.29) is 11.5 Å². The third-order valence-corrected chi connectivity index (χ3v) is 4.71. The second kappa shape index (κ2) is 6.69. The second-order valence-corrected chi connectivity index (χ2v) is 6.31. The molecule has 0 bridgehead atoms. The van der Waals surface area contributed by atoms with Gasteiger partial charge < -0.3 is 14.6 Å². The third-order valence-electron chi connectivity index (χ3n) is 4.30. The predicted molar refractivity (Wildman–Crippen MR) is 94.3 cm³/mol. The summed E-state index contributed by atoms with van der Waals surface area (Å²) in [5, 5.41) is 3.44. The van der Waals surface area contributed by atoms with Crippen LogP contribution < -0.4 is 15.6 Å². The molecule has 2 aromatic rings. The topological polar surface area (TPSA) is 60.3 Å². The molecule has 2 heterocycles. The van der Waals surface area contributed by atoms with E-state index in [1.165, 1.54) is 13.2 Å². The van der Waals surface area contributed by atoms with Crippen molar-refractivity contribution in [1.29, 1.82) is 0 Å². The van der Waals surface area contributed by atoms with Crippen molar-refractivity contribution in [2.24, 2.45) is 0 Å². The molecule has 1 N–H and O–H groups in total. The van der Waals surface area contributed by atoms with Gasteiger partial charge in [-0.2, -0.15) is 0 Å². The molecule has 0 aliphatic carbocycles. The Morgan fingerprint density at radius 3 is 2.79 bits per heavy atom. The lowest BCUT2D eigenvalue weighted by Gasteiger charge is -2.22. The number of halogens is 1. The fourth-order valence-corrected chi connectivity index (χ4v) is 3.19. The Bertz CT molecular complexity index is 858. The molecule has 0 saturated heterocycles. The Morgan fingerprint density at radius 1 is 1.29 bits per heavy atom. The van der Waals surface area contributed by atoms with E-state index in [0.29, 0.717) is 35.0 Å². The Morgan fingerprint density at radius 2 is 2.08 bits per heavy atom. The number of nitrogens with one attached hydrogen (secondary N) is 1. The molecular weight excluding hydrogens is 328 g/mol. The number of hydrogen-bond donors (Lipinski definition) is 1. The van der Waals surface area contributed by atoms with Gasteiger partial charge in [-0.15, -0.1) is 0 Å². The summed E-state index contributed by atoms with van der Waals surface area (Å²) in [4.78, 5) is 25.0.